The highest BCUT2D eigenvalue weighted by Gasteiger charge is 2.25. The van der Waals surface area contributed by atoms with E-state index in [1.807, 2.05) is 42.5 Å². The van der Waals surface area contributed by atoms with Gasteiger partial charge in [-0.25, -0.2) is 4.79 Å². The number of aliphatic hydroxyl groups excluding tert-OH is 1. The first kappa shape index (κ1) is 30.8. The summed E-state index contributed by atoms with van der Waals surface area (Å²) in [5.74, 6) is -1.67. The van der Waals surface area contributed by atoms with Gasteiger partial charge in [-0.05, 0) is 61.2 Å². The largest absolute Gasteiger partial charge is 0.461 e. The zero-order valence-electron chi connectivity index (χ0n) is 22.9. The van der Waals surface area contributed by atoms with Crippen molar-refractivity contribution >= 4 is 46.8 Å². The monoisotopic (exact) mass is 608 g/mol. The number of nitrogens with zero attached hydrogens (tertiary/aromatic N) is 1. The van der Waals surface area contributed by atoms with E-state index in [0.29, 0.717) is 11.4 Å². The number of aromatic nitrogens is 2. The number of benzene rings is 3. The third kappa shape index (κ3) is 8.42. The first-order valence-corrected chi connectivity index (χ1v) is 14.0. The molecule has 4 rings (SSSR count). The standard InChI is InChI=1S/C31H30Cl2N4O5/c1-18(2)42-31(41)27(38)16-23(14-19-10-12-20(13-11-19)21-6-5-7-22(32)15-21)34-30(40)26-17-28(37-36-26)35-29(39)24-8-3-4-9-25(24)33/h3-13,15,17-18,23,27,38H,14,16H2,1-2H3,(H,34,40)(H2,35,36,37,39)/t23-,27-/m1/s1. The van der Waals surface area contributed by atoms with Gasteiger partial charge in [-0.2, -0.15) is 5.10 Å². The van der Waals surface area contributed by atoms with Crippen LogP contribution in [0.25, 0.3) is 11.1 Å². The lowest BCUT2D eigenvalue weighted by Gasteiger charge is -2.22. The molecular formula is C31H30Cl2N4O5. The molecule has 218 valence electrons. The maximum atomic E-state index is 13.1. The summed E-state index contributed by atoms with van der Waals surface area (Å²) in [6.45, 7) is 3.37. The molecule has 1 aromatic heterocycles. The van der Waals surface area contributed by atoms with Crippen LogP contribution in [0.2, 0.25) is 10.0 Å². The average molecular weight is 610 g/mol. The first-order valence-electron chi connectivity index (χ1n) is 13.2. The van der Waals surface area contributed by atoms with Crippen molar-refractivity contribution in [3.8, 4) is 11.1 Å². The van der Waals surface area contributed by atoms with Gasteiger partial charge < -0.3 is 20.5 Å². The molecule has 1 heterocycles. The van der Waals surface area contributed by atoms with E-state index in [0.717, 1.165) is 16.7 Å². The molecule has 42 heavy (non-hydrogen) atoms. The summed E-state index contributed by atoms with van der Waals surface area (Å²) in [5, 5.41) is 23.5. The van der Waals surface area contributed by atoms with Gasteiger partial charge in [-0.15, -0.1) is 0 Å². The van der Waals surface area contributed by atoms with Crippen LogP contribution in [0.15, 0.2) is 78.9 Å². The molecule has 0 radical (unpaired) electrons. The summed E-state index contributed by atoms with van der Waals surface area (Å²) in [4.78, 5) is 38.0. The number of nitrogens with one attached hydrogen (secondary N) is 3. The van der Waals surface area contributed by atoms with Gasteiger partial charge in [0.25, 0.3) is 11.8 Å². The lowest BCUT2D eigenvalue weighted by Crippen LogP contribution is -2.41. The van der Waals surface area contributed by atoms with E-state index in [1.165, 1.54) is 6.07 Å². The van der Waals surface area contributed by atoms with Crippen LogP contribution in [-0.4, -0.2) is 51.3 Å². The Kier molecular flexibility index (Phi) is 10.4. The number of carbonyl (C=O) groups is 3. The third-order valence-corrected chi connectivity index (χ3v) is 6.81. The van der Waals surface area contributed by atoms with Crippen LogP contribution >= 0.6 is 23.2 Å². The van der Waals surface area contributed by atoms with Crippen LogP contribution in [0.1, 0.15) is 46.7 Å². The molecule has 3 aromatic carbocycles. The van der Waals surface area contributed by atoms with Crippen molar-refractivity contribution in [2.45, 2.75) is 44.9 Å². The number of carbonyl (C=O) groups excluding carboxylic acids is 3. The highest BCUT2D eigenvalue weighted by Crippen LogP contribution is 2.24. The number of esters is 1. The Labute approximate surface area is 253 Å². The molecule has 4 aromatic rings. The maximum Gasteiger partial charge on any atom is 0.335 e. The molecule has 0 saturated heterocycles. The third-order valence-electron chi connectivity index (χ3n) is 6.24. The van der Waals surface area contributed by atoms with Crippen LogP contribution in [0.5, 0.6) is 0 Å². The second kappa shape index (κ2) is 14.1. The quantitative estimate of drug-likeness (QED) is 0.162. The number of ether oxygens (including phenoxy) is 1. The van der Waals surface area contributed by atoms with Gasteiger partial charge in [-0.3, -0.25) is 14.7 Å². The predicted molar refractivity (Wildman–Crippen MR) is 162 cm³/mol. The zero-order valence-corrected chi connectivity index (χ0v) is 24.4. The Morgan fingerprint density at radius 3 is 2.36 bits per heavy atom. The van der Waals surface area contributed by atoms with Gasteiger partial charge in [0.1, 0.15) is 5.69 Å². The van der Waals surface area contributed by atoms with Crippen molar-refractivity contribution in [2.75, 3.05) is 5.32 Å². The predicted octanol–water partition coefficient (Wildman–Crippen LogP) is 5.68. The van der Waals surface area contributed by atoms with E-state index < -0.39 is 36.0 Å². The van der Waals surface area contributed by atoms with E-state index in [-0.39, 0.29) is 28.5 Å². The molecule has 4 N–H and O–H groups in total. The van der Waals surface area contributed by atoms with Crippen LogP contribution in [-0.2, 0) is 16.0 Å². The number of halogens is 2. The van der Waals surface area contributed by atoms with Gasteiger partial charge in [0, 0.05) is 23.6 Å². The molecule has 0 bridgehead atoms. The van der Waals surface area contributed by atoms with Crippen LogP contribution in [0.3, 0.4) is 0 Å². The molecule has 0 spiro atoms. The lowest BCUT2D eigenvalue weighted by molar-refractivity contribution is -0.158. The minimum atomic E-state index is -1.45. The van der Waals surface area contributed by atoms with E-state index in [9.17, 15) is 19.5 Å². The Hall–Kier alpha value is -4.18. The second-order valence-electron chi connectivity index (χ2n) is 9.92. The summed E-state index contributed by atoms with van der Waals surface area (Å²) < 4.78 is 5.13. The van der Waals surface area contributed by atoms with Gasteiger partial charge in [0.15, 0.2) is 11.9 Å². The highest BCUT2D eigenvalue weighted by molar-refractivity contribution is 6.34. The van der Waals surface area contributed by atoms with Gasteiger partial charge in [-0.1, -0.05) is 71.7 Å². The summed E-state index contributed by atoms with van der Waals surface area (Å²) >= 11 is 12.2. The molecule has 0 aliphatic rings. The minimum absolute atomic E-state index is 0.0741. The molecule has 2 amide bonds. The molecule has 0 saturated carbocycles. The number of rotatable bonds is 11. The SMILES string of the molecule is CC(C)OC(=O)[C@H](O)C[C@@H](Cc1ccc(-c2cccc(Cl)c2)cc1)NC(=O)c1cc(NC(=O)c2ccccc2Cl)n[nH]1. The van der Waals surface area contributed by atoms with Gasteiger partial charge >= 0.3 is 5.97 Å². The van der Waals surface area contributed by atoms with Gasteiger partial charge in [0.05, 0.1) is 16.7 Å². The summed E-state index contributed by atoms with van der Waals surface area (Å²) in [6, 6.07) is 22.5. The molecule has 0 fully saturated rings. The molecule has 9 nitrogen and oxygen atoms in total. The highest BCUT2D eigenvalue weighted by atomic mass is 35.5. The van der Waals surface area contributed by atoms with Crippen molar-refractivity contribution in [1.82, 2.24) is 15.5 Å². The van der Waals surface area contributed by atoms with Crippen molar-refractivity contribution in [3.05, 3.63) is 106 Å². The zero-order chi connectivity index (χ0) is 30.2. The number of hydrogen-bond donors (Lipinski definition) is 4. The number of amides is 2. The van der Waals surface area contributed by atoms with Crippen molar-refractivity contribution in [2.24, 2.45) is 0 Å². The Balaban J connectivity index is 1.47. The number of aliphatic hydroxyl groups is 1. The van der Waals surface area contributed by atoms with Crippen LogP contribution < -0.4 is 10.6 Å². The number of anilines is 1. The number of H-pyrrole nitrogens is 1. The fourth-order valence-electron chi connectivity index (χ4n) is 4.25. The van der Waals surface area contributed by atoms with Crippen LogP contribution in [0, 0.1) is 0 Å². The van der Waals surface area contributed by atoms with Crippen molar-refractivity contribution < 1.29 is 24.2 Å². The van der Waals surface area contributed by atoms with Crippen molar-refractivity contribution in [1.29, 1.82) is 0 Å². The lowest BCUT2D eigenvalue weighted by atomic mass is 9.97. The Bertz CT molecular complexity index is 1550. The molecule has 0 unspecified atom stereocenters. The van der Waals surface area contributed by atoms with Crippen molar-refractivity contribution in [3.63, 3.8) is 0 Å². The van der Waals surface area contributed by atoms with E-state index >= 15 is 0 Å². The van der Waals surface area contributed by atoms with E-state index in [4.69, 9.17) is 27.9 Å². The smallest absolute Gasteiger partial charge is 0.335 e. The van der Waals surface area contributed by atoms with E-state index in [2.05, 4.69) is 20.8 Å². The number of aromatic amines is 1. The normalized spacial score (nSPS) is 12.4. The Morgan fingerprint density at radius 2 is 1.67 bits per heavy atom. The average Bonchev–Trinajstić information content (AvgIpc) is 3.42. The van der Waals surface area contributed by atoms with Crippen LogP contribution in [0.4, 0.5) is 5.82 Å². The van der Waals surface area contributed by atoms with Gasteiger partial charge in [0.2, 0.25) is 0 Å². The molecule has 2 atom stereocenters. The molecule has 11 heteroatoms. The first-order chi connectivity index (χ1) is 20.1. The maximum absolute atomic E-state index is 13.1. The molecular weight excluding hydrogens is 579 g/mol. The summed E-state index contributed by atoms with van der Waals surface area (Å²) in [5.41, 5.74) is 3.13. The summed E-state index contributed by atoms with van der Waals surface area (Å²) in [6.07, 6.45) is -1.62. The fraction of sp³-hybridized carbons (Fsp3) is 0.226. The minimum Gasteiger partial charge on any atom is -0.461 e. The fourth-order valence-corrected chi connectivity index (χ4v) is 4.66. The Morgan fingerprint density at radius 1 is 0.929 bits per heavy atom. The topological polar surface area (TPSA) is 133 Å². The second-order valence-corrected chi connectivity index (χ2v) is 10.8. The van der Waals surface area contributed by atoms with E-state index in [1.54, 1.807) is 44.2 Å². The summed E-state index contributed by atoms with van der Waals surface area (Å²) in [7, 11) is 0. The molecule has 0 aliphatic carbocycles. The molecule has 0 aliphatic heterocycles. The number of hydrogen-bond acceptors (Lipinski definition) is 6.